The van der Waals surface area contributed by atoms with Gasteiger partial charge in [0.1, 0.15) is 6.04 Å². The summed E-state index contributed by atoms with van der Waals surface area (Å²) in [5.41, 5.74) is 0.871. The molecule has 1 aliphatic heterocycles. The number of esters is 1. The van der Waals surface area contributed by atoms with Gasteiger partial charge in [-0.25, -0.2) is 0 Å². The maximum absolute atomic E-state index is 13.2. The number of carbonyl (C=O) groups excluding carboxylic acids is 4. The highest BCUT2D eigenvalue weighted by Crippen LogP contribution is 2.19. The number of benzene rings is 2. The van der Waals surface area contributed by atoms with E-state index in [1.165, 1.54) is 4.90 Å². The predicted octanol–water partition coefficient (Wildman–Crippen LogP) is 2.78. The summed E-state index contributed by atoms with van der Waals surface area (Å²) in [7, 11) is 1.58. The van der Waals surface area contributed by atoms with Gasteiger partial charge in [0.2, 0.25) is 17.7 Å². The summed E-state index contributed by atoms with van der Waals surface area (Å²) in [6.45, 7) is 6.71. The van der Waals surface area contributed by atoms with Crippen LogP contribution in [0.4, 0.5) is 0 Å². The third-order valence-electron chi connectivity index (χ3n) is 6.64. The van der Waals surface area contributed by atoms with Gasteiger partial charge < -0.3 is 19.9 Å². The third-order valence-corrected chi connectivity index (χ3v) is 6.64. The molecule has 1 saturated heterocycles. The maximum Gasteiger partial charge on any atom is 0.309 e. The zero-order valence-electron chi connectivity index (χ0n) is 21.7. The van der Waals surface area contributed by atoms with Crippen molar-refractivity contribution in [2.45, 2.75) is 46.1 Å². The molecule has 2 aromatic rings. The number of hydrogen-bond acceptors (Lipinski definition) is 5. The molecule has 0 spiro atoms. The Morgan fingerprint density at radius 2 is 1.72 bits per heavy atom. The maximum atomic E-state index is 13.2. The lowest BCUT2D eigenvalue weighted by molar-refractivity contribution is -0.151. The molecule has 36 heavy (non-hydrogen) atoms. The number of fused-ring (bicyclic) bond motifs is 1. The van der Waals surface area contributed by atoms with Gasteiger partial charge in [-0.05, 0) is 42.0 Å². The largest absolute Gasteiger partial charge is 0.466 e. The topological polar surface area (TPSA) is 96.0 Å². The van der Waals surface area contributed by atoms with Crippen LogP contribution >= 0.6 is 0 Å². The Morgan fingerprint density at radius 1 is 1.06 bits per heavy atom. The van der Waals surface area contributed by atoms with Gasteiger partial charge in [0, 0.05) is 20.1 Å². The number of rotatable bonds is 9. The van der Waals surface area contributed by atoms with Crippen LogP contribution in [-0.4, -0.2) is 72.8 Å². The number of amides is 3. The quantitative estimate of drug-likeness (QED) is 0.540. The standard InChI is InChI=1S/C28H37N3O5/c1-5-36-28(35)22-12-14-31(15-13-22)25(33)18-30(4)27(34)26(19(2)3)29-24(32)17-20-10-11-21-8-6-7-9-23(21)16-20/h6-11,16,19,22,26H,5,12-15,17-18H2,1-4H3,(H,29,32). The second kappa shape index (κ2) is 12.5. The first-order valence-electron chi connectivity index (χ1n) is 12.7. The molecule has 1 unspecified atom stereocenters. The van der Waals surface area contributed by atoms with Gasteiger partial charge in [0.25, 0.3) is 0 Å². The van der Waals surface area contributed by atoms with Gasteiger partial charge in [-0.3, -0.25) is 19.2 Å². The number of hydrogen-bond donors (Lipinski definition) is 1. The summed E-state index contributed by atoms with van der Waals surface area (Å²) >= 11 is 0. The molecule has 1 atom stereocenters. The van der Waals surface area contributed by atoms with Crippen molar-refractivity contribution in [3.05, 3.63) is 48.0 Å². The van der Waals surface area contributed by atoms with E-state index in [-0.39, 0.29) is 48.5 Å². The highest BCUT2D eigenvalue weighted by molar-refractivity contribution is 5.91. The Balaban J connectivity index is 1.53. The second-order valence-corrected chi connectivity index (χ2v) is 9.75. The molecule has 0 bridgehead atoms. The van der Waals surface area contributed by atoms with E-state index in [0.29, 0.717) is 32.5 Å². The average Bonchev–Trinajstić information content (AvgIpc) is 2.86. The highest BCUT2D eigenvalue weighted by Gasteiger charge is 2.31. The fraction of sp³-hybridized carbons (Fsp3) is 0.500. The smallest absolute Gasteiger partial charge is 0.309 e. The number of likely N-dealkylation sites (tertiary alicyclic amines) is 1. The Hall–Kier alpha value is -3.42. The fourth-order valence-corrected chi connectivity index (χ4v) is 4.52. The lowest BCUT2D eigenvalue weighted by Crippen LogP contribution is -2.53. The fourth-order valence-electron chi connectivity index (χ4n) is 4.52. The highest BCUT2D eigenvalue weighted by atomic mass is 16.5. The van der Waals surface area contributed by atoms with Crippen molar-refractivity contribution in [3.63, 3.8) is 0 Å². The molecule has 0 saturated carbocycles. The van der Waals surface area contributed by atoms with Crippen LogP contribution in [0.5, 0.6) is 0 Å². The van der Waals surface area contributed by atoms with Crippen LogP contribution in [0.25, 0.3) is 10.8 Å². The van der Waals surface area contributed by atoms with Gasteiger partial charge in [-0.2, -0.15) is 0 Å². The van der Waals surface area contributed by atoms with E-state index in [1.54, 1.807) is 18.9 Å². The van der Waals surface area contributed by atoms with Gasteiger partial charge in [0.05, 0.1) is 25.5 Å². The van der Waals surface area contributed by atoms with Crippen molar-refractivity contribution < 1.29 is 23.9 Å². The molecule has 1 aliphatic rings. The Kier molecular flexibility index (Phi) is 9.44. The van der Waals surface area contributed by atoms with Crippen molar-refractivity contribution in [1.82, 2.24) is 15.1 Å². The Labute approximate surface area is 213 Å². The summed E-state index contributed by atoms with van der Waals surface area (Å²) in [4.78, 5) is 53.7. The van der Waals surface area contributed by atoms with Crippen LogP contribution in [0.3, 0.4) is 0 Å². The van der Waals surface area contributed by atoms with E-state index in [9.17, 15) is 19.2 Å². The van der Waals surface area contributed by atoms with E-state index in [1.807, 2.05) is 56.3 Å². The van der Waals surface area contributed by atoms with Crippen molar-refractivity contribution in [3.8, 4) is 0 Å². The van der Waals surface area contributed by atoms with E-state index < -0.39 is 6.04 Å². The Bertz CT molecular complexity index is 1090. The first-order chi connectivity index (χ1) is 17.2. The first kappa shape index (κ1) is 27.2. The molecule has 194 valence electrons. The lowest BCUT2D eigenvalue weighted by atomic mass is 9.97. The number of piperidine rings is 1. The van der Waals surface area contributed by atoms with Crippen molar-refractivity contribution >= 4 is 34.5 Å². The summed E-state index contributed by atoms with van der Waals surface area (Å²) in [5.74, 6) is -1.24. The molecule has 3 amide bonds. The van der Waals surface area contributed by atoms with Crippen LogP contribution in [0.15, 0.2) is 42.5 Å². The predicted molar refractivity (Wildman–Crippen MR) is 138 cm³/mol. The summed E-state index contributed by atoms with van der Waals surface area (Å²) in [6, 6.07) is 13.1. The zero-order valence-corrected chi connectivity index (χ0v) is 21.7. The molecule has 1 heterocycles. The number of nitrogens with zero attached hydrogens (tertiary/aromatic N) is 2. The molecule has 0 radical (unpaired) electrons. The summed E-state index contributed by atoms with van der Waals surface area (Å²) in [5, 5.41) is 5.03. The van der Waals surface area contributed by atoms with Crippen molar-refractivity contribution in [2.75, 3.05) is 33.3 Å². The van der Waals surface area contributed by atoms with Gasteiger partial charge >= 0.3 is 5.97 Å². The minimum atomic E-state index is -0.731. The number of ether oxygens (including phenoxy) is 1. The number of nitrogens with one attached hydrogen (secondary N) is 1. The molecule has 0 aromatic heterocycles. The molecular formula is C28H37N3O5. The second-order valence-electron chi connectivity index (χ2n) is 9.75. The minimum absolute atomic E-state index is 0.0767. The summed E-state index contributed by atoms with van der Waals surface area (Å²) < 4.78 is 5.08. The zero-order chi connectivity index (χ0) is 26.2. The van der Waals surface area contributed by atoms with E-state index in [2.05, 4.69) is 5.32 Å². The van der Waals surface area contributed by atoms with E-state index >= 15 is 0 Å². The lowest BCUT2D eigenvalue weighted by Gasteiger charge is -2.33. The van der Waals surface area contributed by atoms with Gasteiger partial charge in [-0.15, -0.1) is 0 Å². The molecule has 1 N–H and O–H groups in total. The van der Waals surface area contributed by atoms with Crippen LogP contribution in [-0.2, 0) is 30.3 Å². The normalized spacial score (nSPS) is 15.0. The molecule has 8 heteroatoms. The average molecular weight is 496 g/mol. The van der Waals surface area contributed by atoms with Crippen LogP contribution in [0.1, 0.15) is 39.2 Å². The van der Waals surface area contributed by atoms with Gasteiger partial charge in [-0.1, -0.05) is 56.3 Å². The van der Waals surface area contributed by atoms with E-state index in [0.717, 1.165) is 16.3 Å². The van der Waals surface area contributed by atoms with Crippen molar-refractivity contribution in [1.29, 1.82) is 0 Å². The number of likely N-dealkylation sites (N-methyl/N-ethyl adjacent to an activating group) is 1. The van der Waals surface area contributed by atoms with Crippen LogP contribution < -0.4 is 5.32 Å². The summed E-state index contributed by atoms with van der Waals surface area (Å²) in [6.07, 6.45) is 1.28. The van der Waals surface area contributed by atoms with Gasteiger partial charge in [0.15, 0.2) is 0 Å². The van der Waals surface area contributed by atoms with Crippen LogP contribution in [0, 0.1) is 11.8 Å². The molecular weight excluding hydrogens is 458 g/mol. The molecule has 1 fully saturated rings. The third kappa shape index (κ3) is 7.06. The monoisotopic (exact) mass is 495 g/mol. The molecule has 8 nitrogen and oxygen atoms in total. The molecule has 2 aromatic carbocycles. The Morgan fingerprint density at radius 3 is 2.36 bits per heavy atom. The molecule has 0 aliphatic carbocycles. The SMILES string of the molecule is CCOC(=O)C1CCN(C(=O)CN(C)C(=O)C(NC(=O)Cc2ccc3ccccc3c2)C(C)C)CC1. The van der Waals surface area contributed by atoms with Crippen LogP contribution in [0.2, 0.25) is 0 Å². The number of carbonyl (C=O) groups is 4. The minimum Gasteiger partial charge on any atom is -0.466 e. The first-order valence-corrected chi connectivity index (χ1v) is 12.7. The molecule has 3 rings (SSSR count). The van der Waals surface area contributed by atoms with E-state index in [4.69, 9.17) is 4.74 Å². The van der Waals surface area contributed by atoms with Crippen molar-refractivity contribution in [2.24, 2.45) is 11.8 Å².